The average molecular weight is 442 g/mol. The van der Waals surface area contributed by atoms with E-state index in [1.54, 1.807) is 30.6 Å². The van der Waals surface area contributed by atoms with E-state index in [1.165, 1.54) is 11.6 Å². The molecule has 2 aromatic carbocycles. The van der Waals surface area contributed by atoms with Gasteiger partial charge in [0.2, 0.25) is 5.91 Å². The number of hydrogen-bond acceptors (Lipinski definition) is 5. The fourth-order valence-corrected chi connectivity index (χ4v) is 4.08. The molecule has 4 rings (SSSR count). The molecule has 2 aromatic heterocycles. The highest BCUT2D eigenvalue weighted by Gasteiger charge is 2.16. The van der Waals surface area contributed by atoms with E-state index in [2.05, 4.69) is 10.3 Å². The first-order chi connectivity index (χ1) is 14.7. The van der Waals surface area contributed by atoms with Gasteiger partial charge in [-0.25, -0.2) is 18.6 Å². The summed E-state index contributed by atoms with van der Waals surface area (Å²) in [7, 11) is 2.94. The van der Waals surface area contributed by atoms with Crippen LogP contribution in [-0.4, -0.2) is 20.0 Å². The summed E-state index contributed by atoms with van der Waals surface area (Å²) in [5.41, 5.74) is 0.549. The second-order valence-electron chi connectivity index (χ2n) is 6.94. The maximum atomic E-state index is 13.4. The quantitative estimate of drug-likeness (QED) is 0.527. The molecule has 0 saturated carbocycles. The number of nitrogens with zero attached hydrogens (tertiary/aromatic N) is 3. The van der Waals surface area contributed by atoms with Crippen molar-refractivity contribution in [2.45, 2.75) is 6.42 Å². The first-order valence-corrected chi connectivity index (χ1v) is 10.0. The molecule has 0 aliphatic carbocycles. The van der Waals surface area contributed by atoms with Gasteiger partial charge in [0.15, 0.2) is 5.13 Å². The lowest BCUT2D eigenvalue weighted by Crippen LogP contribution is -2.37. The predicted molar refractivity (Wildman–Crippen MR) is 114 cm³/mol. The van der Waals surface area contributed by atoms with Gasteiger partial charge in [-0.3, -0.25) is 18.7 Å². The van der Waals surface area contributed by atoms with Gasteiger partial charge in [-0.1, -0.05) is 12.1 Å². The van der Waals surface area contributed by atoms with Gasteiger partial charge in [-0.2, -0.15) is 0 Å². The number of benzene rings is 2. The molecule has 158 valence electrons. The molecule has 31 heavy (non-hydrogen) atoms. The van der Waals surface area contributed by atoms with Crippen molar-refractivity contribution >= 4 is 33.3 Å². The van der Waals surface area contributed by atoms with Crippen LogP contribution in [0.4, 0.5) is 13.9 Å². The number of nitrogens with one attached hydrogen (secondary N) is 1. The largest absolute Gasteiger partial charge is 0.330 e. The zero-order chi connectivity index (χ0) is 22.3. The molecule has 0 atom stereocenters. The van der Waals surface area contributed by atoms with E-state index in [-0.39, 0.29) is 22.5 Å². The van der Waals surface area contributed by atoms with Crippen LogP contribution in [0.25, 0.3) is 22.2 Å². The molecule has 0 bridgehead atoms. The molecular formula is C21H16F2N4O3S. The Balaban J connectivity index is 1.61. The lowest BCUT2D eigenvalue weighted by Gasteiger charge is -2.10. The summed E-state index contributed by atoms with van der Waals surface area (Å²) >= 11 is 1.11. The Morgan fingerprint density at radius 3 is 2.52 bits per heavy atom. The summed E-state index contributed by atoms with van der Waals surface area (Å²) in [6.45, 7) is 0. The number of anilines is 1. The highest BCUT2D eigenvalue weighted by Crippen LogP contribution is 2.26. The second kappa shape index (κ2) is 7.88. The van der Waals surface area contributed by atoms with Crippen LogP contribution < -0.4 is 16.6 Å². The Morgan fingerprint density at radius 1 is 1.10 bits per heavy atom. The van der Waals surface area contributed by atoms with E-state index in [1.807, 2.05) is 0 Å². The van der Waals surface area contributed by atoms with Gasteiger partial charge in [0.25, 0.3) is 5.56 Å². The lowest BCUT2D eigenvalue weighted by atomic mass is 10.1. The van der Waals surface area contributed by atoms with Gasteiger partial charge in [-0.05, 0) is 23.8 Å². The summed E-state index contributed by atoms with van der Waals surface area (Å²) in [5.74, 6) is -1.87. The van der Waals surface area contributed by atoms with Crippen molar-refractivity contribution in [2.75, 3.05) is 5.32 Å². The van der Waals surface area contributed by atoms with Crippen molar-refractivity contribution in [1.82, 2.24) is 14.1 Å². The Labute approximate surface area is 178 Å². The number of thiazole rings is 1. The molecule has 0 unspecified atom stereocenters. The highest BCUT2D eigenvalue weighted by atomic mass is 32.1. The minimum absolute atomic E-state index is 0.117. The van der Waals surface area contributed by atoms with Crippen LogP contribution in [0, 0.1) is 11.6 Å². The fraction of sp³-hybridized carbons (Fsp3) is 0.143. The first kappa shape index (κ1) is 20.6. The number of hydrogen-bond donors (Lipinski definition) is 1. The van der Waals surface area contributed by atoms with Crippen molar-refractivity contribution in [1.29, 1.82) is 0 Å². The van der Waals surface area contributed by atoms with E-state index in [0.717, 1.165) is 34.1 Å². The van der Waals surface area contributed by atoms with Crippen molar-refractivity contribution in [3.05, 3.63) is 79.8 Å². The Kier molecular flexibility index (Phi) is 5.24. The third-order valence-electron chi connectivity index (χ3n) is 4.84. The van der Waals surface area contributed by atoms with E-state index in [9.17, 15) is 23.2 Å². The number of halogens is 2. The average Bonchev–Trinajstić information content (AvgIpc) is 3.18. The number of rotatable bonds is 4. The monoisotopic (exact) mass is 442 g/mol. The zero-order valence-corrected chi connectivity index (χ0v) is 17.3. The van der Waals surface area contributed by atoms with Crippen LogP contribution in [0.3, 0.4) is 0 Å². The molecule has 7 nitrogen and oxygen atoms in total. The highest BCUT2D eigenvalue weighted by molar-refractivity contribution is 7.14. The number of carbonyl (C=O) groups excluding carboxylic acids is 1. The van der Waals surface area contributed by atoms with Crippen LogP contribution in [-0.2, 0) is 25.3 Å². The van der Waals surface area contributed by atoms with Crippen LogP contribution >= 0.6 is 11.3 Å². The SMILES string of the molecule is Cn1c(=O)c2c(CC(=O)Nc3nc(-c4cc(F)cc(F)c4)cs3)cccc2n(C)c1=O. The molecule has 4 aromatic rings. The summed E-state index contributed by atoms with van der Waals surface area (Å²) in [5, 5.41) is 4.76. The topological polar surface area (TPSA) is 86.0 Å². The molecule has 1 N–H and O–H groups in total. The summed E-state index contributed by atoms with van der Waals surface area (Å²) in [6, 6.07) is 8.04. The molecule has 2 heterocycles. The second-order valence-corrected chi connectivity index (χ2v) is 7.80. The number of carbonyl (C=O) groups is 1. The minimum atomic E-state index is -0.722. The molecule has 0 spiro atoms. The van der Waals surface area contributed by atoms with Crippen LogP contribution in [0.2, 0.25) is 0 Å². The predicted octanol–water partition coefficient (Wildman–Crippen LogP) is 2.82. The molecule has 0 radical (unpaired) electrons. The summed E-state index contributed by atoms with van der Waals surface area (Å²) in [6.07, 6.45) is -0.117. The van der Waals surface area contributed by atoms with Crippen molar-refractivity contribution in [2.24, 2.45) is 14.1 Å². The molecule has 0 saturated heterocycles. The number of amides is 1. The number of aromatic nitrogens is 3. The minimum Gasteiger partial charge on any atom is -0.302 e. The first-order valence-electron chi connectivity index (χ1n) is 9.14. The molecular weight excluding hydrogens is 426 g/mol. The van der Waals surface area contributed by atoms with E-state index < -0.39 is 28.8 Å². The molecule has 0 fully saturated rings. The van der Waals surface area contributed by atoms with Crippen LogP contribution in [0.15, 0.2) is 51.4 Å². The van der Waals surface area contributed by atoms with Crippen LogP contribution in [0.1, 0.15) is 5.56 Å². The number of aryl methyl sites for hydroxylation is 1. The zero-order valence-electron chi connectivity index (χ0n) is 16.5. The van der Waals surface area contributed by atoms with Gasteiger partial charge < -0.3 is 5.32 Å². The summed E-state index contributed by atoms with van der Waals surface area (Å²) < 4.78 is 29.2. The third kappa shape index (κ3) is 3.89. The molecule has 0 aliphatic rings. The van der Waals surface area contributed by atoms with Crippen molar-refractivity contribution < 1.29 is 13.6 Å². The van der Waals surface area contributed by atoms with Crippen molar-refractivity contribution in [3.63, 3.8) is 0 Å². The fourth-order valence-electron chi connectivity index (χ4n) is 3.34. The van der Waals surface area contributed by atoms with Gasteiger partial charge in [-0.15, -0.1) is 11.3 Å². The Bertz CT molecular complexity index is 1440. The van der Waals surface area contributed by atoms with Gasteiger partial charge in [0, 0.05) is 31.1 Å². The standard InChI is InChI=1S/C21H16F2N4O3S/c1-26-16-5-3-4-11(18(16)19(29)27(2)21(26)30)8-17(28)25-20-24-15(10-31-20)12-6-13(22)9-14(23)7-12/h3-7,9-10H,8H2,1-2H3,(H,24,25,28). The summed E-state index contributed by atoms with van der Waals surface area (Å²) in [4.78, 5) is 41.5. The lowest BCUT2D eigenvalue weighted by molar-refractivity contribution is -0.115. The number of fused-ring (bicyclic) bond motifs is 1. The molecule has 1 amide bonds. The van der Waals surface area contributed by atoms with Gasteiger partial charge in [0.05, 0.1) is 23.0 Å². The normalized spacial score (nSPS) is 11.1. The Hall–Kier alpha value is -3.66. The molecule has 0 aliphatic heterocycles. The van der Waals surface area contributed by atoms with Crippen molar-refractivity contribution in [3.8, 4) is 11.3 Å². The van der Waals surface area contributed by atoms with Gasteiger partial charge in [0.1, 0.15) is 11.6 Å². The van der Waals surface area contributed by atoms with E-state index in [4.69, 9.17) is 0 Å². The third-order valence-corrected chi connectivity index (χ3v) is 5.60. The smallest absolute Gasteiger partial charge is 0.302 e. The van der Waals surface area contributed by atoms with Gasteiger partial charge >= 0.3 is 5.69 Å². The Morgan fingerprint density at radius 2 is 1.81 bits per heavy atom. The van der Waals surface area contributed by atoms with Crippen LogP contribution in [0.5, 0.6) is 0 Å². The molecule has 10 heteroatoms. The van der Waals surface area contributed by atoms with E-state index >= 15 is 0 Å². The van der Waals surface area contributed by atoms with E-state index in [0.29, 0.717) is 16.8 Å². The maximum absolute atomic E-state index is 13.4. The maximum Gasteiger partial charge on any atom is 0.330 e.